The van der Waals surface area contributed by atoms with E-state index in [9.17, 15) is 0 Å². The average Bonchev–Trinajstić information content (AvgIpc) is 2.51. The molecule has 0 fully saturated rings. The van der Waals surface area contributed by atoms with E-state index in [2.05, 4.69) is 4.98 Å². The highest BCUT2D eigenvalue weighted by molar-refractivity contribution is 6.20. The fourth-order valence-electron chi connectivity index (χ4n) is 0.789. The van der Waals surface area contributed by atoms with E-state index in [0.717, 1.165) is 0 Å². The molecule has 0 radical (unpaired) electrons. The quantitative estimate of drug-likeness (QED) is 0.686. The van der Waals surface area contributed by atoms with Gasteiger partial charge in [-0.1, -0.05) is 0 Å². The number of halogens is 1. The van der Waals surface area contributed by atoms with E-state index in [4.69, 9.17) is 20.8 Å². The number of hydrogen-bond donors (Lipinski definition) is 0. The van der Waals surface area contributed by atoms with Gasteiger partial charge in [-0.15, -0.1) is 11.6 Å². The summed E-state index contributed by atoms with van der Waals surface area (Å²) >= 11 is 5.77. The fourth-order valence-corrected chi connectivity index (χ4v) is 0.890. The Morgan fingerprint density at radius 3 is 2.67 bits per heavy atom. The van der Waals surface area contributed by atoms with Crippen LogP contribution in [0.15, 0.2) is 10.6 Å². The van der Waals surface area contributed by atoms with Crippen molar-refractivity contribution in [1.82, 2.24) is 4.98 Å². The number of hydrogen-bond acceptors (Lipinski definition) is 3. The van der Waals surface area contributed by atoms with E-state index in [0.29, 0.717) is 11.7 Å². The lowest BCUT2D eigenvalue weighted by atomic mass is 10.3. The van der Waals surface area contributed by atoms with Crippen LogP contribution in [0.25, 0.3) is 0 Å². The molecule has 0 amide bonds. The van der Waals surface area contributed by atoms with E-state index in [1.165, 1.54) is 0 Å². The van der Waals surface area contributed by atoms with Crippen molar-refractivity contribution >= 4 is 11.6 Å². The maximum atomic E-state index is 5.77. The molecule has 1 aromatic heterocycles. The minimum atomic E-state index is -0.192. The molecule has 0 aliphatic rings. The van der Waals surface area contributed by atoms with Crippen LogP contribution in [0.2, 0.25) is 0 Å². The monoisotopic (exact) mass is 189 g/mol. The number of methoxy groups -OCH3 is 1. The third kappa shape index (κ3) is 1.99. The Bertz CT molecular complexity index is 247. The molecule has 1 aromatic rings. The first-order valence-corrected chi connectivity index (χ1v) is 4.21. The topological polar surface area (TPSA) is 35.3 Å². The van der Waals surface area contributed by atoms with Crippen LogP contribution in [0.3, 0.4) is 0 Å². The van der Waals surface area contributed by atoms with Gasteiger partial charge in [0, 0.05) is 7.11 Å². The molecular formula is C8H12ClNO2. The van der Waals surface area contributed by atoms with Crippen LogP contribution in [0.5, 0.6) is 0 Å². The van der Waals surface area contributed by atoms with E-state index in [1.807, 2.05) is 13.8 Å². The predicted molar refractivity (Wildman–Crippen MR) is 46.2 cm³/mol. The van der Waals surface area contributed by atoms with Gasteiger partial charge in [0.15, 0.2) is 5.76 Å². The number of nitrogens with zero attached hydrogens (tertiary/aromatic N) is 1. The maximum Gasteiger partial charge on any atom is 0.212 e. The van der Waals surface area contributed by atoms with Crippen LogP contribution in [0.4, 0.5) is 0 Å². The SMILES string of the molecule is COC(C)c1cnc(C(C)Cl)o1. The lowest BCUT2D eigenvalue weighted by Gasteiger charge is -2.03. The second-order valence-corrected chi connectivity index (χ2v) is 3.25. The van der Waals surface area contributed by atoms with Crippen molar-refractivity contribution in [3.05, 3.63) is 17.8 Å². The van der Waals surface area contributed by atoms with E-state index in [-0.39, 0.29) is 11.5 Å². The summed E-state index contributed by atoms with van der Waals surface area (Å²) in [6.45, 7) is 3.71. The lowest BCUT2D eigenvalue weighted by Crippen LogP contribution is -1.92. The Morgan fingerprint density at radius 2 is 2.25 bits per heavy atom. The van der Waals surface area contributed by atoms with Crippen molar-refractivity contribution in [1.29, 1.82) is 0 Å². The molecule has 0 saturated carbocycles. The zero-order chi connectivity index (χ0) is 9.14. The first-order chi connectivity index (χ1) is 5.65. The zero-order valence-electron chi connectivity index (χ0n) is 7.37. The molecule has 1 heterocycles. The summed E-state index contributed by atoms with van der Waals surface area (Å²) in [4.78, 5) is 4.01. The summed E-state index contributed by atoms with van der Waals surface area (Å²) in [7, 11) is 1.62. The molecule has 68 valence electrons. The number of alkyl halides is 1. The van der Waals surface area contributed by atoms with Gasteiger partial charge in [-0.3, -0.25) is 0 Å². The zero-order valence-corrected chi connectivity index (χ0v) is 8.13. The molecule has 0 aliphatic heterocycles. The highest BCUT2D eigenvalue weighted by atomic mass is 35.5. The fraction of sp³-hybridized carbons (Fsp3) is 0.625. The average molecular weight is 190 g/mol. The Labute approximate surface area is 76.7 Å². The molecule has 0 aromatic carbocycles. The molecule has 0 spiro atoms. The molecule has 12 heavy (non-hydrogen) atoms. The van der Waals surface area contributed by atoms with Gasteiger partial charge in [-0.05, 0) is 13.8 Å². The molecule has 0 N–H and O–H groups in total. The van der Waals surface area contributed by atoms with Crippen molar-refractivity contribution in [2.24, 2.45) is 0 Å². The van der Waals surface area contributed by atoms with Gasteiger partial charge < -0.3 is 9.15 Å². The Kier molecular flexibility index (Phi) is 3.12. The minimum absolute atomic E-state index is 0.0679. The Hall–Kier alpha value is -0.540. The van der Waals surface area contributed by atoms with Gasteiger partial charge in [0.25, 0.3) is 0 Å². The van der Waals surface area contributed by atoms with E-state index < -0.39 is 0 Å². The predicted octanol–water partition coefficient (Wildman–Crippen LogP) is 2.68. The summed E-state index contributed by atoms with van der Waals surface area (Å²) < 4.78 is 10.4. The normalized spacial score (nSPS) is 16.0. The van der Waals surface area contributed by atoms with Crippen LogP contribution in [0, 0.1) is 0 Å². The van der Waals surface area contributed by atoms with Crippen LogP contribution in [0.1, 0.15) is 37.0 Å². The van der Waals surface area contributed by atoms with E-state index >= 15 is 0 Å². The van der Waals surface area contributed by atoms with Gasteiger partial charge in [0.05, 0.1) is 6.20 Å². The number of aromatic nitrogens is 1. The molecule has 0 bridgehead atoms. The van der Waals surface area contributed by atoms with E-state index in [1.54, 1.807) is 13.3 Å². The molecule has 3 nitrogen and oxygen atoms in total. The Morgan fingerprint density at radius 1 is 1.58 bits per heavy atom. The summed E-state index contributed by atoms with van der Waals surface area (Å²) in [6, 6.07) is 0. The summed E-state index contributed by atoms with van der Waals surface area (Å²) in [5.41, 5.74) is 0. The summed E-state index contributed by atoms with van der Waals surface area (Å²) in [5.74, 6) is 1.25. The third-order valence-corrected chi connectivity index (χ3v) is 1.82. The standard InChI is InChI=1S/C8H12ClNO2/c1-5(9)8-10-4-7(12-8)6(2)11-3/h4-6H,1-3H3. The lowest BCUT2D eigenvalue weighted by molar-refractivity contribution is 0.0983. The summed E-state index contributed by atoms with van der Waals surface area (Å²) in [5, 5.41) is -0.192. The Balaban J connectivity index is 2.77. The summed E-state index contributed by atoms with van der Waals surface area (Å²) in [6.07, 6.45) is 1.57. The van der Waals surface area contributed by atoms with Crippen molar-refractivity contribution in [2.45, 2.75) is 25.3 Å². The van der Waals surface area contributed by atoms with Crippen molar-refractivity contribution < 1.29 is 9.15 Å². The number of rotatable bonds is 3. The maximum absolute atomic E-state index is 5.77. The van der Waals surface area contributed by atoms with Crippen molar-refractivity contribution in [3.63, 3.8) is 0 Å². The second-order valence-electron chi connectivity index (χ2n) is 2.59. The first kappa shape index (κ1) is 9.55. The molecule has 1 rings (SSSR count). The van der Waals surface area contributed by atoms with Crippen LogP contribution < -0.4 is 0 Å². The highest BCUT2D eigenvalue weighted by Crippen LogP contribution is 2.23. The first-order valence-electron chi connectivity index (χ1n) is 3.77. The minimum Gasteiger partial charge on any atom is -0.441 e. The smallest absolute Gasteiger partial charge is 0.212 e. The molecular weight excluding hydrogens is 178 g/mol. The van der Waals surface area contributed by atoms with Gasteiger partial charge >= 0.3 is 0 Å². The van der Waals surface area contributed by atoms with Gasteiger partial charge in [0.1, 0.15) is 11.5 Å². The van der Waals surface area contributed by atoms with Crippen LogP contribution in [-0.4, -0.2) is 12.1 Å². The molecule has 2 unspecified atom stereocenters. The van der Waals surface area contributed by atoms with Gasteiger partial charge in [-0.2, -0.15) is 0 Å². The molecule has 0 saturated heterocycles. The second kappa shape index (κ2) is 3.92. The van der Waals surface area contributed by atoms with Gasteiger partial charge in [0.2, 0.25) is 5.89 Å². The third-order valence-electron chi connectivity index (χ3n) is 1.64. The van der Waals surface area contributed by atoms with Gasteiger partial charge in [-0.25, -0.2) is 4.98 Å². The van der Waals surface area contributed by atoms with Crippen LogP contribution in [-0.2, 0) is 4.74 Å². The molecule has 0 aliphatic carbocycles. The molecule has 2 atom stereocenters. The highest BCUT2D eigenvalue weighted by Gasteiger charge is 2.13. The van der Waals surface area contributed by atoms with Crippen molar-refractivity contribution in [2.75, 3.05) is 7.11 Å². The largest absolute Gasteiger partial charge is 0.441 e. The molecule has 4 heteroatoms. The number of ether oxygens (including phenoxy) is 1. The van der Waals surface area contributed by atoms with Crippen molar-refractivity contribution in [3.8, 4) is 0 Å². The van der Waals surface area contributed by atoms with Crippen LogP contribution >= 0.6 is 11.6 Å². The number of oxazole rings is 1.